The molecule has 0 aliphatic heterocycles. The van der Waals surface area contributed by atoms with Crippen LogP contribution in [0.4, 0.5) is 13.2 Å². The van der Waals surface area contributed by atoms with Crippen molar-refractivity contribution in [1.29, 1.82) is 0 Å². The van der Waals surface area contributed by atoms with Crippen molar-refractivity contribution in [2.75, 3.05) is 0 Å². The molecule has 0 saturated carbocycles. The quantitative estimate of drug-likeness (QED) is 0.546. The summed E-state index contributed by atoms with van der Waals surface area (Å²) in [4.78, 5) is 21.3. The molecule has 0 unspecified atom stereocenters. The van der Waals surface area contributed by atoms with Crippen LogP contribution in [-0.2, 0) is 11.0 Å². The average Bonchev–Trinajstić information content (AvgIpc) is 2.93. The van der Waals surface area contributed by atoms with Gasteiger partial charge in [0.2, 0.25) is 5.91 Å². The molecule has 0 saturated heterocycles. The average molecular weight is 367 g/mol. The molecule has 0 aliphatic carbocycles. The van der Waals surface area contributed by atoms with Gasteiger partial charge in [0.1, 0.15) is 16.5 Å². The number of primary amides is 1. The number of fused-ring (bicyclic) bond motifs is 1. The zero-order valence-electron chi connectivity index (χ0n) is 12.4. The van der Waals surface area contributed by atoms with E-state index in [0.717, 1.165) is 6.07 Å². The number of hydrogen-bond acceptors (Lipinski definition) is 3. The summed E-state index contributed by atoms with van der Waals surface area (Å²) >= 11 is 5.72. The first-order chi connectivity index (χ1) is 11.7. The summed E-state index contributed by atoms with van der Waals surface area (Å²) < 4.78 is 38.7. The van der Waals surface area contributed by atoms with Crippen LogP contribution in [0.15, 0.2) is 36.7 Å². The summed E-state index contributed by atoms with van der Waals surface area (Å²) in [6.07, 6.45) is 1.10. The molecule has 3 aromatic heterocycles. The van der Waals surface area contributed by atoms with Crippen molar-refractivity contribution in [3.8, 4) is 11.1 Å². The monoisotopic (exact) mass is 366 g/mol. The molecule has 0 bridgehead atoms. The van der Waals surface area contributed by atoms with Crippen molar-refractivity contribution in [2.45, 2.75) is 6.18 Å². The van der Waals surface area contributed by atoms with E-state index in [0.29, 0.717) is 22.2 Å². The predicted octanol–water partition coefficient (Wildman–Crippen LogP) is 3.80. The third-order valence-corrected chi connectivity index (χ3v) is 3.60. The molecule has 0 atom stereocenters. The maximum absolute atomic E-state index is 12.9. The van der Waals surface area contributed by atoms with Crippen LogP contribution >= 0.6 is 11.6 Å². The highest BCUT2D eigenvalue weighted by molar-refractivity contribution is 6.29. The van der Waals surface area contributed by atoms with Gasteiger partial charge in [-0.05, 0) is 29.8 Å². The predicted molar refractivity (Wildman–Crippen MR) is 87.6 cm³/mol. The Morgan fingerprint density at radius 1 is 1.24 bits per heavy atom. The van der Waals surface area contributed by atoms with Gasteiger partial charge in [-0.25, -0.2) is 9.97 Å². The molecule has 0 spiro atoms. The van der Waals surface area contributed by atoms with Gasteiger partial charge in [0.15, 0.2) is 0 Å². The van der Waals surface area contributed by atoms with Crippen molar-refractivity contribution in [1.82, 2.24) is 15.0 Å². The van der Waals surface area contributed by atoms with E-state index in [4.69, 9.17) is 17.3 Å². The van der Waals surface area contributed by atoms with E-state index in [1.165, 1.54) is 24.4 Å². The number of alkyl halides is 3. The second-order valence-corrected chi connectivity index (χ2v) is 5.55. The number of aromatic nitrogens is 3. The molecular weight excluding hydrogens is 357 g/mol. The summed E-state index contributed by atoms with van der Waals surface area (Å²) in [7, 11) is 0. The van der Waals surface area contributed by atoms with Gasteiger partial charge < -0.3 is 10.7 Å². The van der Waals surface area contributed by atoms with Gasteiger partial charge in [-0.2, -0.15) is 13.2 Å². The second-order valence-electron chi connectivity index (χ2n) is 5.16. The summed E-state index contributed by atoms with van der Waals surface area (Å²) in [6, 6.07) is 3.87. The fourth-order valence-corrected chi connectivity index (χ4v) is 2.51. The number of nitrogens with two attached hydrogens (primary N) is 1. The summed E-state index contributed by atoms with van der Waals surface area (Å²) in [6.45, 7) is 0. The third-order valence-electron chi connectivity index (χ3n) is 3.41. The van der Waals surface area contributed by atoms with E-state index < -0.39 is 17.8 Å². The standard InChI is InChI=1S/C16H10ClF3N4O/c17-13-5-9(4-12(24-13)16(18,19)20)10-3-11-8(1-2-14(21)25)6-22-15(11)23-7-10/h1-7H,(H2,21,25)(H,22,23)/b2-1+. The van der Waals surface area contributed by atoms with Gasteiger partial charge >= 0.3 is 6.18 Å². The van der Waals surface area contributed by atoms with E-state index in [2.05, 4.69) is 15.0 Å². The number of nitrogens with zero attached hydrogens (tertiary/aromatic N) is 2. The number of halogens is 4. The molecule has 128 valence electrons. The molecule has 0 aromatic carbocycles. The van der Waals surface area contributed by atoms with Crippen molar-refractivity contribution in [3.63, 3.8) is 0 Å². The first-order valence-corrected chi connectivity index (χ1v) is 7.31. The lowest BCUT2D eigenvalue weighted by Gasteiger charge is -2.09. The topological polar surface area (TPSA) is 84.7 Å². The van der Waals surface area contributed by atoms with E-state index in [1.54, 1.807) is 12.3 Å². The van der Waals surface area contributed by atoms with Crippen LogP contribution in [-0.4, -0.2) is 20.9 Å². The van der Waals surface area contributed by atoms with Gasteiger partial charge in [0.25, 0.3) is 0 Å². The number of H-pyrrole nitrogens is 1. The van der Waals surface area contributed by atoms with Crippen molar-refractivity contribution >= 4 is 34.6 Å². The molecule has 3 heterocycles. The first kappa shape index (κ1) is 17.0. The maximum atomic E-state index is 12.9. The number of hydrogen-bond donors (Lipinski definition) is 2. The number of amides is 1. The largest absolute Gasteiger partial charge is 0.433 e. The van der Waals surface area contributed by atoms with E-state index in [9.17, 15) is 18.0 Å². The Balaban J connectivity index is 2.12. The number of nitrogens with one attached hydrogen (secondary N) is 1. The molecule has 9 heteroatoms. The second kappa shape index (κ2) is 6.21. The van der Waals surface area contributed by atoms with Gasteiger partial charge in [-0.1, -0.05) is 11.6 Å². The highest BCUT2D eigenvalue weighted by Crippen LogP contribution is 2.33. The van der Waals surface area contributed by atoms with Crippen LogP contribution in [0.2, 0.25) is 5.15 Å². The first-order valence-electron chi connectivity index (χ1n) is 6.94. The number of pyridine rings is 2. The molecule has 0 fully saturated rings. The highest BCUT2D eigenvalue weighted by atomic mass is 35.5. The smallest absolute Gasteiger partial charge is 0.366 e. The molecule has 0 radical (unpaired) electrons. The molecule has 0 aliphatic rings. The van der Waals surface area contributed by atoms with Crippen LogP contribution in [0.1, 0.15) is 11.3 Å². The van der Waals surface area contributed by atoms with Crippen molar-refractivity contribution < 1.29 is 18.0 Å². The Bertz CT molecular complexity index is 995. The molecule has 3 N–H and O–H groups in total. The molecule has 25 heavy (non-hydrogen) atoms. The number of aromatic amines is 1. The summed E-state index contributed by atoms with van der Waals surface area (Å²) in [5, 5.41) is 0.351. The van der Waals surface area contributed by atoms with Gasteiger partial charge in [-0.15, -0.1) is 0 Å². The van der Waals surface area contributed by atoms with Crippen LogP contribution in [0, 0.1) is 0 Å². The maximum Gasteiger partial charge on any atom is 0.433 e. The third kappa shape index (κ3) is 3.63. The van der Waals surface area contributed by atoms with Gasteiger partial charge in [-0.3, -0.25) is 4.79 Å². The minimum atomic E-state index is -4.61. The molecular formula is C16H10ClF3N4O. The van der Waals surface area contributed by atoms with Crippen LogP contribution < -0.4 is 5.73 Å². The zero-order chi connectivity index (χ0) is 18.2. The Hall–Kier alpha value is -2.87. The number of carbonyl (C=O) groups is 1. The zero-order valence-corrected chi connectivity index (χ0v) is 13.2. The lowest BCUT2D eigenvalue weighted by molar-refractivity contribution is -0.141. The fraction of sp³-hybridized carbons (Fsp3) is 0.0625. The van der Waals surface area contributed by atoms with Crippen molar-refractivity contribution in [2.24, 2.45) is 5.73 Å². The lowest BCUT2D eigenvalue weighted by atomic mass is 10.1. The van der Waals surface area contributed by atoms with Crippen LogP contribution in [0.5, 0.6) is 0 Å². The Kier molecular flexibility index (Phi) is 4.22. The van der Waals surface area contributed by atoms with Crippen LogP contribution in [0.25, 0.3) is 28.2 Å². The minimum Gasteiger partial charge on any atom is -0.366 e. The number of carbonyl (C=O) groups excluding carboxylic acids is 1. The Morgan fingerprint density at radius 2 is 2.00 bits per heavy atom. The molecule has 5 nitrogen and oxygen atoms in total. The van der Waals surface area contributed by atoms with E-state index in [-0.39, 0.29) is 10.7 Å². The number of rotatable bonds is 3. The summed E-state index contributed by atoms with van der Waals surface area (Å²) in [5.74, 6) is -0.616. The van der Waals surface area contributed by atoms with E-state index >= 15 is 0 Å². The normalized spacial score (nSPS) is 12.2. The van der Waals surface area contributed by atoms with Crippen LogP contribution in [0.3, 0.4) is 0 Å². The molecule has 3 rings (SSSR count). The van der Waals surface area contributed by atoms with Crippen molar-refractivity contribution in [3.05, 3.63) is 53.1 Å². The Labute approximate surface area is 144 Å². The highest BCUT2D eigenvalue weighted by Gasteiger charge is 2.33. The summed E-state index contributed by atoms with van der Waals surface area (Å²) in [5.41, 5.74) is 5.78. The molecule has 3 aromatic rings. The fourth-order valence-electron chi connectivity index (χ4n) is 2.30. The molecule has 1 amide bonds. The SMILES string of the molecule is NC(=O)/C=C/c1c[nH]c2ncc(-c3cc(Cl)nc(C(F)(F)F)c3)cc12. The Morgan fingerprint density at radius 3 is 2.68 bits per heavy atom. The van der Waals surface area contributed by atoms with E-state index in [1.807, 2.05) is 0 Å². The minimum absolute atomic E-state index is 0.229. The lowest BCUT2D eigenvalue weighted by Crippen LogP contribution is -2.08. The van der Waals surface area contributed by atoms with Gasteiger partial charge in [0.05, 0.1) is 0 Å². The van der Waals surface area contributed by atoms with Gasteiger partial charge in [0, 0.05) is 35.0 Å².